The van der Waals surface area contributed by atoms with E-state index in [1.807, 2.05) is 0 Å². The van der Waals surface area contributed by atoms with Gasteiger partial charge in [0.1, 0.15) is 5.54 Å². The maximum atomic E-state index is 12.7. The molecule has 1 aromatic rings. The van der Waals surface area contributed by atoms with Crippen LogP contribution in [-0.2, 0) is 4.79 Å². The number of likely N-dealkylation sites (N-methyl/N-ethyl adjacent to an activating group) is 1. The Kier molecular flexibility index (Phi) is 5.44. The molecular weight excluding hydrogens is 296 g/mol. The van der Waals surface area contributed by atoms with E-state index in [0.29, 0.717) is 12.8 Å². The van der Waals surface area contributed by atoms with E-state index in [2.05, 4.69) is 19.0 Å². The Balaban J connectivity index is 2.23. The van der Waals surface area contributed by atoms with Gasteiger partial charge in [-0.05, 0) is 25.7 Å². The number of rotatable bonds is 6. The van der Waals surface area contributed by atoms with Crippen LogP contribution in [0.25, 0.3) is 0 Å². The summed E-state index contributed by atoms with van der Waals surface area (Å²) in [6.45, 7) is 4.13. The molecule has 128 valence electrons. The van der Waals surface area contributed by atoms with Crippen molar-refractivity contribution in [2.45, 2.75) is 70.3 Å². The van der Waals surface area contributed by atoms with Crippen molar-refractivity contribution in [2.24, 2.45) is 0 Å². The molecule has 0 radical (unpaired) electrons. The fourth-order valence-electron chi connectivity index (χ4n) is 3.48. The van der Waals surface area contributed by atoms with Crippen molar-refractivity contribution in [3.05, 3.63) is 17.5 Å². The molecule has 1 aliphatic rings. The van der Waals surface area contributed by atoms with Crippen molar-refractivity contribution in [3.8, 4) is 0 Å². The van der Waals surface area contributed by atoms with Crippen molar-refractivity contribution in [3.63, 3.8) is 0 Å². The number of carboxylic acid groups (broad SMARTS) is 1. The number of hydrogen-bond acceptors (Lipinski definition) is 4. The number of aliphatic carboxylic acids is 1. The number of nitrogens with zero attached hydrogens (tertiary/aromatic N) is 2. The van der Waals surface area contributed by atoms with Crippen LogP contribution in [-0.4, -0.2) is 39.6 Å². The molecule has 6 heteroatoms. The lowest BCUT2D eigenvalue weighted by Gasteiger charge is -2.40. The largest absolute Gasteiger partial charge is 0.479 e. The Morgan fingerprint density at radius 1 is 1.30 bits per heavy atom. The second-order valence-electron chi connectivity index (χ2n) is 6.39. The topological polar surface area (TPSA) is 83.6 Å². The van der Waals surface area contributed by atoms with Gasteiger partial charge in [-0.15, -0.1) is 0 Å². The van der Waals surface area contributed by atoms with Gasteiger partial charge < -0.3 is 14.5 Å². The second-order valence-corrected chi connectivity index (χ2v) is 6.39. The lowest BCUT2D eigenvalue weighted by Crippen LogP contribution is -2.56. The first-order valence-corrected chi connectivity index (χ1v) is 8.44. The van der Waals surface area contributed by atoms with Crippen LogP contribution in [0.4, 0.5) is 0 Å². The summed E-state index contributed by atoms with van der Waals surface area (Å²) in [5, 5.41) is 13.7. The van der Waals surface area contributed by atoms with Crippen LogP contribution in [0, 0.1) is 0 Å². The summed E-state index contributed by atoms with van der Waals surface area (Å²) in [6.07, 6.45) is 5.46. The zero-order valence-electron chi connectivity index (χ0n) is 14.2. The number of carbonyl (C=O) groups is 2. The molecule has 1 aromatic heterocycles. The summed E-state index contributed by atoms with van der Waals surface area (Å²) in [5.41, 5.74) is -0.364. The van der Waals surface area contributed by atoms with E-state index < -0.39 is 17.4 Å². The minimum Gasteiger partial charge on any atom is -0.479 e. The molecule has 1 fully saturated rings. The summed E-state index contributed by atoms with van der Waals surface area (Å²) in [7, 11) is 1.56. The van der Waals surface area contributed by atoms with Crippen LogP contribution < -0.4 is 0 Å². The van der Waals surface area contributed by atoms with Crippen LogP contribution >= 0.6 is 0 Å². The molecule has 1 amide bonds. The molecule has 0 bridgehead atoms. The first-order chi connectivity index (χ1) is 11.0. The maximum Gasteiger partial charge on any atom is 0.329 e. The lowest BCUT2D eigenvalue weighted by atomic mass is 9.80. The summed E-state index contributed by atoms with van der Waals surface area (Å²) in [6, 6.07) is 1.66. The lowest BCUT2D eigenvalue weighted by molar-refractivity contribution is -0.151. The molecular formula is C17H26N2O4. The van der Waals surface area contributed by atoms with Crippen molar-refractivity contribution >= 4 is 11.9 Å². The zero-order valence-corrected chi connectivity index (χ0v) is 14.2. The highest BCUT2D eigenvalue weighted by Crippen LogP contribution is 2.34. The normalized spacial score (nSPS) is 17.2. The third kappa shape index (κ3) is 3.26. The minimum atomic E-state index is -1.13. The highest BCUT2D eigenvalue weighted by atomic mass is 16.5. The Bertz CT molecular complexity index is 557. The maximum absolute atomic E-state index is 12.7. The molecule has 0 spiro atoms. The van der Waals surface area contributed by atoms with Crippen molar-refractivity contribution < 1.29 is 19.2 Å². The van der Waals surface area contributed by atoms with Gasteiger partial charge in [-0.3, -0.25) is 4.79 Å². The van der Waals surface area contributed by atoms with Gasteiger partial charge >= 0.3 is 5.97 Å². The molecule has 1 N–H and O–H groups in total. The van der Waals surface area contributed by atoms with E-state index in [1.54, 1.807) is 13.1 Å². The van der Waals surface area contributed by atoms with E-state index in [9.17, 15) is 14.7 Å². The van der Waals surface area contributed by atoms with E-state index in [1.165, 1.54) is 4.90 Å². The van der Waals surface area contributed by atoms with Gasteiger partial charge in [0.25, 0.3) is 5.91 Å². The second kappa shape index (κ2) is 7.15. The van der Waals surface area contributed by atoms with E-state index >= 15 is 0 Å². The van der Waals surface area contributed by atoms with Crippen molar-refractivity contribution in [1.82, 2.24) is 10.1 Å². The van der Waals surface area contributed by atoms with Crippen LogP contribution in [0.15, 0.2) is 10.6 Å². The van der Waals surface area contributed by atoms with Crippen LogP contribution in [0.2, 0.25) is 0 Å². The smallest absolute Gasteiger partial charge is 0.329 e. The number of carbonyl (C=O) groups excluding carboxylic acids is 1. The molecule has 1 aliphatic carbocycles. The fraction of sp³-hybridized carbons (Fsp3) is 0.706. The van der Waals surface area contributed by atoms with Gasteiger partial charge in [-0.2, -0.15) is 0 Å². The van der Waals surface area contributed by atoms with Gasteiger partial charge in [-0.1, -0.05) is 38.3 Å². The molecule has 0 aliphatic heterocycles. The molecule has 0 atom stereocenters. The quantitative estimate of drug-likeness (QED) is 0.867. The number of aromatic nitrogens is 1. The van der Waals surface area contributed by atoms with Crippen molar-refractivity contribution in [1.29, 1.82) is 0 Å². The predicted octanol–water partition coefficient (Wildman–Crippen LogP) is 3.44. The van der Waals surface area contributed by atoms with Gasteiger partial charge in [-0.25, -0.2) is 4.79 Å². The van der Waals surface area contributed by atoms with E-state index in [-0.39, 0.29) is 11.7 Å². The third-order valence-electron chi connectivity index (χ3n) is 5.17. The molecule has 0 saturated heterocycles. The summed E-state index contributed by atoms with van der Waals surface area (Å²) in [5.74, 6) is -0.957. The molecule has 2 rings (SSSR count). The molecule has 23 heavy (non-hydrogen) atoms. The number of carboxylic acids is 1. The Morgan fingerprint density at radius 2 is 1.91 bits per heavy atom. The van der Waals surface area contributed by atoms with Gasteiger partial charge in [0.05, 0.1) is 5.69 Å². The van der Waals surface area contributed by atoms with E-state index in [0.717, 1.165) is 37.8 Å². The van der Waals surface area contributed by atoms with Gasteiger partial charge in [0.2, 0.25) is 5.76 Å². The fourth-order valence-corrected chi connectivity index (χ4v) is 3.48. The van der Waals surface area contributed by atoms with E-state index in [4.69, 9.17) is 4.52 Å². The molecule has 0 unspecified atom stereocenters. The van der Waals surface area contributed by atoms with Gasteiger partial charge in [0, 0.05) is 19.0 Å². The first kappa shape index (κ1) is 17.5. The molecule has 1 saturated carbocycles. The minimum absolute atomic E-state index is 0.126. The zero-order chi connectivity index (χ0) is 17.0. The number of hydrogen-bond donors (Lipinski definition) is 1. The third-order valence-corrected chi connectivity index (χ3v) is 5.17. The highest BCUT2D eigenvalue weighted by molar-refractivity contribution is 5.95. The Hall–Kier alpha value is -1.85. The number of amides is 1. The molecule has 0 aromatic carbocycles. The van der Waals surface area contributed by atoms with Gasteiger partial charge in [0.15, 0.2) is 0 Å². The average molecular weight is 322 g/mol. The SMILES string of the molecule is CCC(CC)c1cc(C(=O)N(C)C2(C(=O)O)CCCCC2)on1. The monoisotopic (exact) mass is 322 g/mol. The Morgan fingerprint density at radius 3 is 2.43 bits per heavy atom. The standard InChI is InChI=1S/C17H26N2O4/c1-4-12(5-2)13-11-14(23-18-13)15(20)19(3)17(16(21)22)9-7-6-8-10-17/h11-12H,4-10H2,1-3H3,(H,21,22). The van der Waals surface area contributed by atoms with Crippen LogP contribution in [0.5, 0.6) is 0 Å². The van der Waals surface area contributed by atoms with Crippen LogP contribution in [0.3, 0.4) is 0 Å². The summed E-state index contributed by atoms with van der Waals surface area (Å²) in [4.78, 5) is 25.9. The first-order valence-electron chi connectivity index (χ1n) is 8.44. The highest BCUT2D eigenvalue weighted by Gasteiger charge is 2.46. The average Bonchev–Trinajstić information content (AvgIpc) is 3.05. The predicted molar refractivity (Wildman–Crippen MR) is 85.4 cm³/mol. The molecule has 1 heterocycles. The van der Waals surface area contributed by atoms with Crippen molar-refractivity contribution in [2.75, 3.05) is 7.05 Å². The summed E-state index contributed by atoms with van der Waals surface area (Å²) < 4.78 is 5.21. The Labute approximate surface area is 136 Å². The van der Waals surface area contributed by atoms with Crippen LogP contribution in [0.1, 0.15) is 81.0 Å². The summed E-state index contributed by atoms with van der Waals surface area (Å²) >= 11 is 0. The molecule has 6 nitrogen and oxygen atoms in total.